The van der Waals surface area contributed by atoms with Gasteiger partial charge in [-0.05, 0) is 63.7 Å². The molecular weight excluding hydrogens is 738 g/mol. The molecule has 11 aromatic rings. The summed E-state index contributed by atoms with van der Waals surface area (Å²) in [6, 6.07) is 74.9. The Balaban J connectivity index is 1.03. The van der Waals surface area contributed by atoms with E-state index >= 15 is 4.57 Å². The van der Waals surface area contributed by atoms with Gasteiger partial charge in [0.05, 0.1) is 22.2 Å². The first-order valence-corrected chi connectivity index (χ1v) is 21.6. The van der Waals surface area contributed by atoms with Crippen LogP contribution in [0, 0.1) is 0 Å². The molecule has 0 amide bonds. The van der Waals surface area contributed by atoms with Crippen LogP contribution in [-0.4, -0.2) is 14.5 Å². The molecule has 0 radical (unpaired) electrons. The molecule has 0 aliphatic rings. The van der Waals surface area contributed by atoms with Crippen LogP contribution >= 0.6 is 7.14 Å². The van der Waals surface area contributed by atoms with E-state index in [1.54, 1.807) is 0 Å². The first kappa shape index (κ1) is 34.8. The van der Waals surface area contributed by atoms with Gasteiger partial charge in [0.2, 0.25) is 0 Å². The molecule has 59 heavy (non-hydrogen) atoms. The Hall–Kier alpha value is -7.39. The maximum atomic E-state index is 15.1. The highest BCUT2D eigenvalue weighted by atomic mass is 31.2. The predicted octanol–water partition coefficient (Wildman–Crippen LogP) is 12.5. The Bertz CT molecular complexity index is 3340. The van der Waals surface area contributed by atoms with Gasteiger partial charge in [-0.2, -0.15) is 0 Å². The maximum absolute atomic E-state index is 15.1. The van der Waals surface area contributed by atoms with Crippen molar-refractivity contribution in [2.75, 3.05) is 0 Å². The van der Waals surface area contributed by atoms with Gasteiger partial charge in [0.25, 0.3) is 0 Å². The van der Waals surface area contributed by atoms with Gasteiger partial charge in [-0.3, -0.25) is 4.57 Å². The number of imidazole rings is 1. The van der Waals surface area contributed by atoms with Crippen LogP contribution < -0.4 is 15.9 Å². The molecule has 0 saturated heterocycles. The van der Waals surface area contributed by atoms with Crippen LogP contribution in [0.15, 0.2) is 218 Å². The standard InChI is InChI=1S/C54H36N3OP/c58-59(44-19-9-3-10-20-44,45-21-11-4-12-22-45)46-32-31-41-35-40(29-30-42(41)36-46)37-25-27-38(28-26-37)52-51-48(47-23-13-14-24-49(47)55-52)33-34-50-53(51)56-54(39-15-5-1-6-16-39)57(50)43-17-7-2-8-18-43/h1-36H. The first-order chi connectivity index (χ1) is 29.1. The highest BCUT2D eigenvalue weighted by molar-refractivity contribution is 7.85. The molecule has 0 fully saturated rings. The quantitative estimate of drug-likeness (QED) is 0.120. The minimum atomic E-state index is -3.08. The topological polar surface area (TPSA) is 47.8 Å². The highest BCUT2D eigenvalue weighted by Crippen LogP contribution is 2.44. The molecule has 0 saturated carbocycles. The molecule has 278 valence electrons. The van der Waals surface area contributed by atoms with E-state index in [1.807, 2.05) is 78.9 Å². The van der Waals surface area contributed by atoms with E-state index < -0.39 is 7.14 Å². The minimum Gasteiger partial charge on any atom is -0.309 e. The van der Waals surface area contributed by atoms with Crippen LogP contribution in [0.3, 0.4) is 0 Å². The fourth-order valence-electron chi connectivity index (χ4n) is 8.56. The minimum absolute atomic E-state index is 0.827. The summed E-state index contributed by atoms with van der Waals surface area (Å²) in [7, 11) is -3.08. The molecule has 11 rings (SSSR count). The Labute approximate surface area is 342 Å². The van der Waals surface area contributed by atoms with Crippen molar-refractivity contribution in [2.24, 2.45) is 0 Å². The van der Waals surface area contributed by atoms with Gasteiger partial charge >= 0.3 is 0 Å². The van der Waals surface area contributed by atoms with E-state index in [9.17, 15) is 0 Å². The fraction of sp³-hybridized carbons (Fsp3) is 0. The van der Waals surface area contributed by atoms with Crippen LogP contribution in [0.2, 0.25) is 0 Å². The van der Waals surface area contributed by atoms with Crippen molar-refractivity contribution >= 4 is 66.5 Å². The number of aromatic nitrogens is 3. The number of para-hydroxylation sites is 2. The van der Waals surface area contributed by atoms with E-state index in [1.165, 1.54) is 0 Å². The maximum Gasteiger partial charge on any atom is 0.171 e. The normalized spacial score (nSPS) is 11.8. The van der Waals surface area contributed by atoms with Crippen molar-refractivity contribution in [1.29, 1.82) is 0 Å². The van der Waals surface area contributed by atoms with Crippen molar-refractivity contribution in [3.8, 4) is 39.5 Å². The van der Waals surface area contributed by atoms with Gasteiger partial charge in [0, 0.05) is 43.5 Å². The van der Waals surface area contributed by atoms with Gasteiger partial charge in [0.1, 0.15) is 5.82 Å². The van der Waals surface area contributed by atoms with Crippen molar-refractivity contribution < 1.29 is 4.57 Å². The van der Waals surface area contributed by atoms with Crippen LogP contribution in [0.5, 0.6) is 0 Å². The lowest BCUT2D eigenvalue weighted by atomic mass is 9.96. The zero-order valence-corrected chi connectivity index (χ0v) is 32.9. The second-order valence-electron chi connectivity index (χ2n) is 14.9. The summed E-state index contributed by atoms with van der Waals surface area (Å²) in [5.74, 6) is 0.889. The molecule has 0 bridgehead atoms. The average Bonchev–Trinajstić information content (AvgIpc) is 3.72. The van der Waals surface area contributed by atoms with Gasteiger partial charge in [-0.1, -0.05) is 182 Å². The van der Waals surface area contributed by atoms with Crippen molar-refractivity contribution in [3.63, 3.8) is 0 Å². The number of benzene rings is 9. The van der Waals surface area contributed by atoms with Crippen LogP contribution in [0.25, 0.3) is 82.9 Å². The number of pyridine rings is 1. The number of hydrogen-bond acceptors (Lipinski definition) is 3. The molecule has 5 heteroatoms. The zero-order valence-electron chi connectivity index (χ0n) is 32.0. The largest absolute Gasteiger partial charge is 0.309 e. The van der Waals surface area contributed by atoms with Crippen molar-refractivity contribution in [1.82, 2.24) is 14.5 Å². The molecule has 2 heterocycles. The summed E-state index contributed by atoms with van der Waals surface area (Å²) < 4.78 is 17.3. The molecule has 0 unspecified atom stereocenters. The zero-order chi connectivity index (χ0) is 39.3. The van der Waals surface area contributed by atoms with Crippen LogP contribution in [0.1, 0.15) is 0 Å². The molecule has 0 atom stereocenters. The summed E-state index contributed by atoms with van der Waals surface area (Å²) in [6.07, 6.45) is 0. The van der Waals surface area contributed by atoms with Gasteiger partial charge < -0.3 is 4.57 Å². The van der Waals surface area contributed by atoms with E-state index in [0.717, 1.165) is 98.9 Å². The predicted molar refractivity (Wildman–Crippen MR) is 247 cm³/mol. The summed E-state index contributed by atoms with van der Waals surface area (Å²) in [6.45, 7) is 0. The number of hydrogen-bond donors (Lipinski definition) is 0. The van der Waals surface area contributed by atoms with Gasteiger partial charge in [0.15, 0.2) is 7.14 Å². The molecule has 0 aliphatic heterocycles. The lowest BCUT2D eigenvalue weighted by molar-refractivity contribution is 0.592. The van der Waals surface area contributed by atoms with Gasteiger partial charge in [-0.15, -0.1) is 0 Å². The molecule has 0 N–H and O–H groups in total. The number of rotatable bonds is 7. The monoisotopic (exact) mass is 773 g/mol. The Morgan fingerprint density at radius 3 is 1.69 bits per heavy atom. The first-order valence-electron chi connectivity index (χ1n) is 19.8. The third kappa shape index (κ3) is 5.88. The average molecular weight is 774 g/mol. The number of nitrogens with zero attached hydrogens (tertiary/aromatic N) is 3. The summed E-state index contributed by atoms with van der Waals surface area (Å²) in [4.78, 5) is 10.8. The summed E-state index contributed by atoms with van der Waals surface area (Å²) >= 11 is 0. The number of fused-ring (bicyclic) bond motifs is 6. The Morgan fingerprint density at radius 2 is 0.983 bits per heavy atom. The second-order valence-corrected chi connectivity index (χ2v) is 17.7. The van der Waals surface area contributed by atoms with Crippen molar-refractivity contribution in [2.45, 2.75) is 0 Å². The molecule has 0 spiro atoms. The van der Waals surface area contributed by atoms with E-state index in [-0.39, 0.29) is 0 Å². The Kier molecular flexibility index (Phi) is 8.39. The van der Waals surface area contributed by atoms with Crippen molar-refractivity contribution in [3.05, 3.63) is 218 Å². The van der Waals surface area contributed by atoms with E-state index in [2.05, 4.69) is 144 Å². The van der Waals surface area contributed by atoms with E-state index in [4.69, 9.17) is 9.97 Å². The molecule has 4 nitrogen and oxygen atoms in total. The van der Waals surface area contributed by atoms with E-state index in [0.29, 0.717) is 0 Å². The molecule has 9 aromatic carbocycles. The Morgan fingerprint density at radius 1 is 0.407 bits per heavy atom. The summed E-state index contributed by atoms with van der Waals surface area (Å²) in [5.41, 5.74) is 9.14. The van der Waals surface area contributed by atoms with Crippen LogP contribution in [0.4, 0.5) is 0 Å². The van der Waals surface area contributed by atoms with Crippen LogP contribution in [-0.2, 0) is 4.57 Å². The van der Waals surface area contributed by atoms with Gasteiger partial charge in [-0.25, -0.2) is 9.97 Å². The highest BCUT2D eigenvalue weighted by Gasteiger charge is 2.29. The molecule has 0 aliphatic carbocycles. The fourth-order valence-corrected chi connectivity index (χ4v) is 11.2. The summed E-state index contributed by atoms with van der Waals surface area (Å²) in [5, 5.41) is 7.89. The lowest BCUT2D eigenvalue weighted by Crippen LogP contribution is -2.24. The third-order valence-electron chi connectivity index (χ3n) is 11.5. The molecule has 2 aromatic heterocycles. The SMILES string of the molecule is O=P(c1ccccc1)(c1ccccc1)c1ccc2cc(-c3ccc(-c4nc5ccccc5c5ccc6c(nc(-c7ccccc7)n6-c6ccccc6)c45)cc3)ccc2c1. The lowest BCUT2D eigenvalue weighted by Gasteiger charge is -2.20. The molecular formula is C54H36N3OP. The third-order valence-corrected chi connectivity index (χ3v) is 14.5. The smallest absolute Gasteiger partial charge is 0.171 e. The second kappa shape index (κ2) is 14.2.